The molecule has 2 heterocycles. The third-order valence-corrected chi connectivity index (χ3v) is 5.26. The number of nitrogens with two attached hydrogens (primary N) is 1. The van der Waals surface area contributed by atoms with E-state index in [1.807, 2.05) is 36.4 Å². The first kappa shape index (κ1) is 18.6. The summed E-state index contributed by atoms with van der Waals surface area (Å²) in [5.74, 6) is -0.434. The Morgan fingerprint density at radius 3 is 2.42 bits per heavy atom. The molecule has 0 amide bonds. The van der Waals surface area contributed by atoms with Crippen LogP contribution in [0.2, 0.25) is 0 Å². The van der Waals surface area contributed by atoms with Crippen LogP contribution >= 0.6 is 0 Å². The van der Waals surface area contributed by atoms with Gasteiger partial charge < -0.3 is 10.5 Å². The predicted octanol–water partition coefficient (Wildman–Crippen LogP) is 3.90. The highest BCUT2D eigenvalue weighted by atomic mass is 16.5. The lowest BCUT2D eigenvalue weighted by molar-refractivity contribution is 0.0600. The van der Waals surface area contributed by atoms with Crippen LogP contribution in [0.3, 0.4) is 0 Å². The van der Waals surface area contributed by atoms with E-state index < -0.39 is 5.97 Å². The van der Waals surface area contributed by atoms with Gasteiger partial charge in [0.1, 0.15) is 0 Å². The quantitative estimate of drug-likeness (QED) is 0.347. The molecule has 5 aromatic rings. The van der Waals surface area contributed by atoms with Gasteiger partial charge in [-0.15, -0.1) is 0 Å². The summed E-state index contributed by atoms with van der Waals surface area (Å²) in [6, 6.07) is 21.6. The Morgan fingerprint density at radius 1 is 1.00 bits per heavy atom. The summed E-state index contributed by atoms with van der Waals surface area (Å²) in [6.07, 6.45) is 0. The molecular formula is C24H18N4O3. The molecule has 0 unspecified atom stereocenters. The molecule has 0 spiro atoms. The number of nitrogens with one attached hydrogen (secondary N) is 1. The highest BCUT2D eigenvalue weighted by Gasteiger charge is 2.18. The van der Waals surface area contributed by atoms with Crippen LogP contribution in [-0.2, 0) is 4.74 Å². The molecule has 0 aliphatic carbocycles. The summed E-state index contributed by atoms with van der Waals surface area (Å²) in [7, 11) is 1.33. The van der Waals surface area contributed by atoms with E-state index in [4.69, 9.17) is 15.5 Å². The van der Waals surface area contributed by atoms with Crippen LogP contribution in [0.15, 0.2) is 77.6 Å². The van der Waals surface area contributed by atoms with Crippen LogP contribution in [0.5, 0.6) is 0 Å². The molecule has 0 fully saturated rings. The van der Waals surface area contributed by atoms with Gasteiger partial charge >= 0.3 is 5.97 Å². The fraction of sp³-hybridized carbons (Fsp3) is 0.0417. The van der Waals surface area contributed by atoms with Crippen molar-refractivity contribution in [3.05, 3.63) is 88.7 Å². The van der Waals surface area contributed by atoms with E-state index >= 15 is 0 Å². The Kier molecular flexibility index (Phi) is 4.29. The second-order valence-corrected chi connectivity index (χ2v) is 7.14. The van der Waals surface area contributed by atoms with Gasteiger partial charge in [-0.1, -0.05) is 30.3 Å². The lowest BCUT2D eigenvalue weighted by Gasteiger charge is -2.06. The summed E-state index contributed by atoms with van der Waals surface area (Å²) in [4.78, 5) is 30.0. The van der Waals surface area contributed by atoms with Crippen molar-refractivity contribution in [1.82, 2.24) is 14.8 Å². The van der Waals surface area contributed by atoms with E-state index in [0.717, 1.165) is 16.5 Å². The monoisotopic (exact) mass is 410 g/mol. The molecule has 3 N–H and O–H groups in total. The number of aromatic nitrogens is 3. The zero-order chi connectivity index (χ0) is 21.5. The van der Waals surface area contributed by atoms with Crippen molar-refractivity contribution in [3.63, 3.8) is 0 Å². The number of anilines is 1. The Morgan fingerprint density at radius 2 is 1.71 bits per heavy atom. The van der Waals surface area contributed by atoms with Gasteiger partial charge in [-0.05, 0) is 42.5 Å². The second kappa shape index (κ2) is 7.14. The molecule has 7 heteroatoms. The van der Waals surface area contributed by atoms with Crippen molar-refractivity contribution in [2.24, 2.45) is 0 Å². The van der Waals surface area contributed by atoms with E-state index in [0.29, 0.717) is 33.5 Å². The van der Waals surface area contributed by atoms with Gasteiger partial charge in [0.15, 0.2) is 0 Å². The molecule has 2 aromatic heterocycles. The molecule has 7 nitrogen and oxygen atoms in total. The van der Waals surface area contributed by atoms with Crippen LogP contribution in [0, 0.1) is 0 Å². The number of carbonyl (C=O) groups is 1. The average Bonchev–Trinajstić information content (AvgIpc) is 3.16. The fourth-order valence-electron chi connectivity index (χ4n) is 3.71. The van der Waals surface area contributed by atoms with Gasteiger partial charge in [-0.3, -0.25) is 9.89 Å². The number of H-pyrrole nitrogens is 1. The van der Waals surface area contributed by atoms with E-state index in [1.54, 1.807) is 36.4 Å². The molecule has 152 valence electrons. The van der Waals surface area contributed by atoms with Gasteiger partial charge in [0.25, 0.3) is 5.56 Å². The molecule has 0 aliphatic rings. The number of benzene rings is 3. The molecule has 0 aliphatic heterocycles. The lowest BCUT2D eigenvalue weighted by atomic mass is 10.0. The average molecular weight is 410 g/mol. The Balaban J connectivity index is 1.79. The number of pyridine rings is 1. The van der Waals surface area contributed by atoms with Gasteiger partial charge in [0.05, 0.1) is 40.5 Å². The molecule has 31 heavy (non-hydrogen) atoms. The summed E-state index contributed by atoms with van der Waals surface area (Å²) in [5, 5.41) is 4.56. The van der Waals surface area contributed by atoms with Crippen LogP contribution in [-0.4, -0.2) is 27.8 Å². The molecule has 0 atom stereocenters. The van der Waals surface area contributed by atoms with Crippen LogP contribution < -0.4 is 11.3 Å². The minimum absolute atomic E-state index is 0.231. The third kappa shape index (κ3) is 3.03. The molecule has 0 bridgehead atoms. The first-order chi connectivity index (χ1) is 15.1. The van der Waals surface area contributed by atoms with Crippen molar-refractivity contribution in [2.45, 2.75) is 0 Å². The Bertz CT molecular complexity index is 1500. The lowest BCUT2D eigenvalue weighted by Crippen LogP contribution is -2.15. The van der Waals surface area contributed by atoms with E-state index in [2.05, 4.69) is 5.10 Å². The maximum atomic E-state index is 13.5. The summed E-state index contributed by atoms with van der Waals surface area (Å²) in [5.41, 5.74) is 10.1. The number of rotatable bonds is 3. The normalized spacial score (nSPS) is 11.1. The molecule has 3 aromatic carbocycles. The van der Waals surface area contributed by atoms with E-state index in [-0.39, 0.29) is 5.56 Å². The maximum absolute atomic E-state index is 13.5. The maximum Gasteiger partial charge on any atom is 0.337 e. The van der Waals surface area contributed by atoms with Gasteiger partial charge in [-0.2, -0.15) is 0 Å². The summed E-state index contributed by atoms with van der Waals surface area (Å²) >= 11 is 0. The molecule has 5 rings (SSSR count). The molecular weight excluding hydrogens is 392 g/mol. The largest absolute Gasteiger partial charge is 0.465 e. The van der Waals surface area contributed by atoms with E-state index in [9.17, 15) is 9.59 Å². The topological polar surface area (TPSA) is 103 Å². The fourth-order valence-corrected chi connectivity index (χ4v) is 3.71. The van der Waals surface area contributed by atoms with Gasteiger partial charge in [0.2, 0.25) is 0 Å². The van der Waals surface area contributed by atoms with Crippen LogP contribution in [0.1, 0.15) is 10.4 Å². The second-order valence-electron chi connectivity index (χ2n) is 7.14. The van der Waals surface area contributed by atoms with E-state index in [1.165, 1.54) is 11.8 Å². The summed E-state index contributed by atoms with van der Waals surface area (Å²) in [6.45, 7) is 0. The number of para-hydroxylation sites is 1. The minimum Gasteiger partial charge on any atom is -0.465 e. The first-order valence-corrected chi connectivity index (χ1v) is 9.65. The van der Waals surface area contributed by atoms with Crippen molar-refractivity contribution in [2.75, 3.05) is 12.8 Å². The number of aromatic amines is 1. The number of fused-ring (bicyclic) bond motifs is 3. The zero-order valence-electron chi connectivity index (χ0n) is 16.6. The standard InChI is InChI=1S/C24H18N4O3/c1-31-24(30)15-8-12-17(13-9-15)28-23(29)20-21(14-6-10-16(25)11-7-14)26-19-5-3-2-4-18(19)22(20)27-28/h2-13,27H,25H2,1H3. The number of hydrogen-bond donors (Lipinski definition) is 2. The van der Waals surface area contributed by atoms with Crippen molar-refractivity contribution < 1.29 is 9.53 Å². The van der Waals surface area contributed by atoms with Crippen molar-refractivity contribution >= 4 is 33.5 Å². The number of carbonyl (C=O) groups excluding carboxylic acids is 1. The third-order valence-electron chi connectivity index (χ3n) is 5.26. The Labute approximate surface area is 176 Å². The van der Waals surface area contributed by atoms with Crippen LogP contribution in [0.25, 0.3) is 38.8 Å². The van der Waals surface area contributed by atoms with Crippen molar-refractivity contribution in [1.29, 1.82) is 0 Å². The predicted molar refractivity (Wildman–Crippen MR) is 120 cm³/mol. The number of nitrogens with zero attached hydrogens (tertiary/aromatic N) is 2. The number of hydrogen-bond acceptors (Lipinski definition) is 5. The molecule has 0 saturated heterocycles. The first-order valence-electron chi connectivity index (χ1n) is 9.65. The van der Waals surface area contributed by atoms with Crippen molar-refractivity contribution in [3.8, 4) is 16.9 Å². The molecule has 0 radical (unpaired) electrons. The highest BCUT2D eigenvalue weighted by Crippen LogP contribution is 2.30. The zero-order valence-corrected chi connectivity index (χ0v) is 16.6. The highest BCUT2D eigenvalue weighted by molar-refractivity contribution is 6.08. The smallest absolute Gasteiger partial charge is 0.337 e. The summed E-state index contributed by atoms with van der Waals surface area (Å²) < 4.78 is 6.20. The number of methoxy groups -OCH3 is 1. The molecule has 0 saturated carbocycles. The van der Waals surface area contributed by atoms with Gasteiger partial charge in [-0.25, -0.2) is 14.5 Å². The number of ether oxygens (including phenoxy) is 1. The number of nitrogen functional groups attached to an aromatic ring is 1. The Hall–Kier alpha value is -4.39. The SMILES string of the molecule is COC(=O)c1ccc(-n2[nH]c3c(c(-c4ccc(N)cc4)nc4ccccc43)c2=O)cc1. The van der Waals surface area contributed by atoms with Crippen LogP contribution in [0.4, 0.5) is 5.69 Å². The number of esters is 1. The van der Waals surface area contributed by atoms with Gasteiger partial charge in [0, 0.05) is 16.6 Å². The minimum atomic E-state index is -0.434.